The van der Waals surface area contributed by atoms with Crippen LogP contribution in [-0.2, 0) is 0 Å². The first-order valence-electron chi connectivity index (χ1n) is 15.4. The van der Waals surface area contributed by atoms with Gasteiger partial charge in [-0.15, -0.1) is 0 Å². The van der Waals surface area contributed by atoms with Crippen molar-refractivity contribution in [2.75, 3.05) is 32.1 Å². The van der Waals surface area contributed by atoms with Crippen molar-refractivity contribution in [2.45, 2.75) is 122 Å². The average Bonchev–Trinajstić information content (AvgIpc) is 2.94. The Morgan fingerprint density at radius 2 is 1.54 bits per heavy atom. The van der Waals surface area contributed by atoms with Crippen LogP contribution in [0.2, 0.25) is 0 Å². The minimum atomic E-state index is 0.500. The third-order valence-corrected chi connectivity index (χ3v) is 8.34. The van der Waals surface area contributed by atoms with Crippen LogP contribution in [0.1, 0.15) is 121 Å². The van der Waals surface area contributed by atoms with Gasteiger partial charge < -0.3 is 20.1 Å². The first-order valence-corrected chi connectivity index (χ1v) is 15.4. The molecule has 2 N–H and O–H groups in total. The molecule has 0 bridgehead atoms. The fraction of sp³-hybridized carbons (Fsp3) is 0.719. The van der Waals surface area contributed by atoms with Gasteiger partial charge in [0.1, 0.15) is 0 Å². The lowest BCUT2D eigenvalue weighted by atomic mass is 9.86. The van der Waals surface area contributed by atoms with Crippen molar-refractivity contribution in [3.05, 3.63) is 23.9 Å². The maximum absolute atomic E-state index is 6.28. The Kier molecular flexibility index (Phi) is 11.7. The number of nitrogens with one attached hydrogen (secondary N) is 2. The standard InChI is InChI=1S/C32H51N3O2/c1-3-4-5-6-7-8-9-10-14-21-37-32-24-30-27(22-31(32)36-2)29(34-26-17-19-33-20-18-26)23-28(35-30)25-15-12-11-13-16-25/h22-26,33H,3-21H2,1-2H3,(H,34,35). The monoisotopic (exact) mass is 509 g/mol. The van der Waals surface area contributed by atoms with Crippen LogP contribution in [0.25, 0.3) is 10.9 Å². The number of benzene rings is 1. The molecule has 2 aliphatic rings. The van der Waals surface area contributed by atoms with Crippen molar-refractivity contribution in [1.82, 2.24) is 10.3 Å². The summed E-state index contributed by atoms with van der Waals surface area (Å²) in [6.45, 7) is 5.17. The Morgan fingerprint density at radius 3 is 2.24 bits per heavy atom. The number of methoxy groups -OCH3 is 1. The molecule has 0 spiro atoms. The van der Waals surface area contributed by atoms with Crippen molar-refractivity contribution >= 4 is 16.6 Å². The van der Waals surface area contributed by atoms with Crippen LogP contribution in [0.5, 0.6) is 11.5 Å². The Bertz CT molecular complexity index is 935. The maximum atomic E-state index is 6.28. The van der Waals surface area contributed by atoms with Gasteiger partial charge in [-0.25, -0.2) is 0 Å². The van der Waals surface area contributed by atoms with E-state index >= 15 is 0 Å². The van der Waals surface area contributed by atoms with E-state index in [0.717, 1.165) is 61.4 Å². The molecule has 0 radical (unpaired) electrons. The number of rotatable bonds is 15. The van der Waals surface area contributed by atoms with Crippen molar-refractivity contribution in [2.24, 2.45) is 0 Å². The Morgan fingerprint density at radius 1 is 0.838 bits per heavy atom. The van der Waals surface area contributed by atoms with Gasteiger partial charge in [-0.1, -0.05) is 77.6 Å². The Labute approximate surface area is 225 Å². The van der Waals surface area contributed by atoms with E-state index in [1.165, 1.54) is 94.9 Å². The van der Waals surface area contributed by atoms with E-state index in [0.29, 0.717) is 12.0 Å². The third-order valence-electron chi connectivity index (χ3n) is 8.34. The lowest BCUT2D eigenvalue weighted by molar-refractivity contribution is 0.285. The normalized spacial score (nSPS) is 17.2. The summed E-state index contributed by atoms with van der Waals surface area (Å²) in [4.78, 5) is 5.20. The van der Waals surface area contributed by atoms with Crippen LogP contribution in [0.15, 0.2) is 18.2 Å². The zero-order valence-corrected chi connectivity index (χ0v) is 23.6. The molecule has 0 amide bonds. The van der Waals surface area contributed by atoms with Gasteiger partial charge in [0, 0.05) is 34.8 Å². The first-order chi connectivity index (χ1) is 18.3. The predicted octanol–water partition coefficient (Wildman–Crippen LogP) is 8.36. The number of unbranched alkanes of at least 4 members (excludes halogenated alkanes) is 8. The molecule has 206 valence electrons. The number of hydrogen-bond acceptors (Lipinski definition) is 5. The molecule has 1 saturated heterocycles. The fourth-order valence-corrected chi connectivity index (χ4v) is 6.03. The van der Waals surface area contributed by atoms with Crippen LogP contribution in [0.4, 0.5) is 5.69 Å². The number of hydrogen-bond donors (Lipinski definition) is 2. The summed E-state index contributed by atoms with van der Waals surface area (Å²) in [6.07, 6.45) is 20.7. The molecule has 2 heterocycles. The molecule has 1 aromatic heterocycles. The number of fused-ring (bicyclic) bond motifs is 1. The number of piperidine rings is 1. The molecule has 5 heteroatoms. The molecule has 2 fully saturated rings. The molecule has 0 unspecified atom stereocenters. The molecule has 0 atom stereocenters. The molecular formula is C32H51N3O2. The molecule has 37 heavy (non-hydrogen) atoms. The quantitative estimate of drug-likeness (QED) is 0.236. The highest BCUT2D eigenvalue weighted by molar-refractivity contribution is 5.94. The van der Waals surface area contributed by atoms with Crippen molar-refractivity contribution in [1.29, 1.82) is 0 Å². The second kappa shape index (κ2) is 15.4. The van der Waals surface area contributed by atoms with Gasteiger partial charge >= 0.3 is 0 Å². The Balaban J connectivity index is 1.43. The van der Waals surface area contributed by atoms with E-state index in [2.05, 4.69) is 35.8 Å². The summed E-state index contributed by atoms with van der Waals surface area (Å²) in [5, 5.41) is 8.51. The number of aromatic nitrogens is 1. The van der Waals surface area contributed by atoms with E-state index in [1.807, 2.05) is 0 Å². The zero-order chi connectivity index (χ0) is 25.7. The van der Waals surface area contributed by atoms with Gasteiger partial charge in [-0.3, -0.25) is 4.98 Å². The van der Waals surface area contributed by atoms with Gasteiger partial charge in [0.15, 0.2) is 11.5 Å². The summed E-state index contributed by atoms with van der Waals surface area (Å²) in [6, 6.07) is 7.10. The lowest BCUT2D eigenvalue weighted by Gasteiger charge is -2.27. The minimum Gasteiger partial charge on any atom is -0.493 e. The largest absolute Gasteiger partial charge is 0.493 e. The van der Waals surface area contributed by atoms with Gasteiger partial charge in [-0.05, 0) is 57.3 Å². The fourth-order valence-electron chi connectivity index (χ4n) is 6.03. The van der Waals surface area contributed by atoms with Gasteiger partial charge in [-0.2, -0.15) is 0 Å². The van der Waals surface area contributed by atoms with Crippen LogP contribution in [0, 0.1) is 0 Å². The minimum absolute atomic E-state index is 0.500. The van der Waals surface area contributed by atoms with Crippen LogP contribution >= 0.6 is 0 Å². The summed E-state index contributed by atoms with van der Waals surface area (Å²) >= 11 is 0. The molecule has 2 aromatic rings. The summed E-state index contributed by atoms with van der Waals surface area (Å²) in [5.41, 5.74) is 3.49. The highest BCUT2D eigenvalue weighted by Crippen LogP contribution is 2.39. The van der Waals surface area contributed by atoms with Gasteiger partial charge in [0.05, 0.1) is 19.2 Å². The van der Waals surface area contributed by atoms with Crippen molar-refractivity contribution < 1.29 is 9.47 Å². The number of nitrogens with zero attached hydrogens (tertiary/aromatic N) is 1. The van der Waals surface area contributed by atoms with Gasteiger partial charge in [0.25, 0.3) is 0 Å². The molecule has 1 aliphatic carbocycles. The van der Waals surface area contributed by atoms with Crippen LogP contribution < -0.4 is 20.1 Å². The third kappa shape index (κ3) is 8.49. The Hall–Kier alpha value is -2.01. The smallest absolute Gasteiger partial charge is 0.163 e. The summed E-state index contributed by atoms with van der Waals surface area (Å²) in [7, 11) is 1.75. The second-order valence-corrected chi connectivity index (χ2v) is 11.3. The molecule has 1 aromatic carbocycles. The number of pyridine rings is 1. The highest BCUT2D eigenvalue weighted by atomic mass is 16.5. The van der Waals surface area contributed by atoms with Crippen LogP contribution in [0.3, 0.4) is 0 Å². The van der Waals surface area contributed by atoms with Crippen LogP contribution in [-0.4, -0.2) is 37.8 Å². The molecule has 4 rings (SSSR count). The molecular weight excluding hydrogens is 458 g/mol. The first kappa shape index (κ1) is 28.0. The zero-order valence-electron chi connectivity index (χ0n) is 23.6. The van der Waals surface area contributed by atoms with Crippen molar-refractivity contribution in [3.63, 3.8) is 0 Å². The average molecular weight is 510 g/mol. The molecule has 5 nitrogen and oxygen atoms in total. The van der Waals surface area contributed by atoms with E-state index in [-0.39, 0.29) is 0 Å². The summed E-state index contributed by atoms with van der Waals surface area (Å²) in [5.74, 6) is 2.21. The van der Waals surface area contributed by atoms with E-state index < -0.39 is 0 Å². The molecule has 1 saturated carbocycles. The predicted molar refractivity (Wildman–Crippen MR) is 156 cm³/mol. The van der Waals surface area contributed by atoms with E-state index in [9.17, 15) is 0 Å². The maximum Gasteiger partial charge on any atom is 0.163 e. The number of ether oxygens (including phenoxy) is 2. The number of anilines is 1. The summed E-state index contributed by atoms with van der Waals surface area (Å²) < 4.78 is 12.1. The SMILES string of the molecule is CCCCCCCCCCCOc1cc2nc(C3CCCCC3)cc(NC3CCNCC3)c2cc1OC. The highest BCUT2D eigenvalue weighted by Gasteiger charge is 2.21. The molecule has 1 aliphatic heterocycles. The van der Waals surface area contributed by atoms with E-state index in [1.54, 1.807) is 7.11 Å². The van der Waals surface area contributed by atoms with E-state index in [4.69, 9.17) is 14.5 Å². The second-order valence-electron chi connectivity index (χ2n) is 11.3. The van der Waals surface area contributed by atoms with Crippen molar-refractivity contribution in [3.8, 4) is 11.5 Å². The topological polar surface area (TPSA) is 55.4 Å². The van der Waals surface area contributed by atoms with Gasteiger partial charge in [0.2, 0.25) is 0 Å². The lowest BCUT2D eigenvalue weighted by Crippen LogP contribution is -2.35.